The molecule has 0 saturated carbocycles. The largest absolute Gasteiger partial charge is 0.491 e. The molecule has 18 heavy (non-hydrogen) atoms. The Hall–Kier alpha value is -1.26. The number of halogens is 2. The van der Waals surface area contributed by atoms with Gasteiger partial charge < -0.3 is 15.2 Å². The molecule has 102 valence electrons. The number of ether oxygens (including phenoxy) is 2. The Morgan fingerprint density at radius 3 is 2.33 bits per heavy atom. The van der Waals surface area contributed by atoms with Crippen molar-refractivity contribution in [2.24, 2.45) is 5.73 Å². The molecule has 0 fully saturated rings. The lowest BCUT2D eigenvalue weighted by Crippen LogP contribution is -2.05. The molecule has 1 rings (SSSR count). The fourth-order valence-electron chi connectivity index (χ4n) is 1.23. The van der Waals surface area contributed by atoms with Gasteiger partial charge >= 0.3 is 0 Å². The van der Waals surface area contributed by atoms with Crippen molar-refractivity contribution in [3.63, 3.8) is 0 Å². The predicted molar refractivity (Wildman–Crippen MR) is 73.2 cm³/mol. The molecule has 1 aromatic carbocycles. The van der Waals surface area contributed by atoms with E-state index in [0.717, 1.165) is 5.75 Å². The summed E-state index contributed by atoms with van der Waals surface area (Å²) in [6, 6.07) is 7.07. The molecule has 0 atom stereocenters. The third-order valence-electron chi connectivity index (χ3n) is 1.91. The molecule has 0 aliphatic carbocycles. The van der Waals surface area contributed by atoms with Crippen LogP contribution in [0.3, 0.4) is 0 Å². The van der Waals surface area contributed by atoms with E-state index in [4.69, 9.17) is 15.2 Å². The fourth-order valence-corrected chi connectivity index (χ4v) is 1.23. The van der Waals surface area contributed by atoms with Crippen LogP contribution in [0.1, 0.15) is 13.8 Å². The van der Waals surface area contributed by atoms with Crippen LogP contribution in [-0.4, -0.2) is 19.3 Å². The maximum Gasteiger partial charge on any atom is 0.139 e. The minimum Gasteiger partial charge on any atom is -0.491 e. The van der Waals surface area contributed by atoms with E-state index in [-0.39, 0.29) is 37.5 Å². The van der Waals surface area contributed by atoms with Crippen molar-refractivity contribution in [3.05, 3.63) is 36.2 Å². The molecule has 0 aliphatic rings. The van der Waals surface area contributed by atoms with Crippen LogP contribution in [0.25, 0.3) is 0 Å². The van der Waals surface area contributed by atoms with Gasteiger partial charge in [-0.05, 0) is 44.2 Å². The van der Waals surface area contributed by atoms with Crippen molar-refractivity contribution >= 4 is 12.4 Å². The van der Waals surface area contributed by atoms with E-state index in [0.29, 0.717) is 5.75 Å². The molecule has 0 unspecified atom stereocenters. The Morgan fingerprint density at radius 2 is 1.83 bits per heavy atom. The van der Waals surface area contributed by atoms with Gasteiger partial charge in [0.05, 0.1) is 6.10 Å². The summed E-state index contributed by atoms with van der Waals surface area (Å²) in [6.07, 6.45) is 1.42. The summed E-state index contributed by atoms with van der Waals surface area (Å²) in [5.41, 5.74) is 5.18. The highest BCUT2D eigenvalue weighted by molar-refractivity contribution is 5.85. The summed E-state index contributed by atoms with van der Waals surface area (Å²) in [5, 5.41) is 0. The molecule has 0 spiro atoms. The summed E-state index contributed by atoms with van der Waals surface area (Å²) in [6.45, 7) is 3.99. The first kappa shape index (κ1) is 16.7. The van der Waals surface area contributed by atoms with Crippen LogP contribution >= 0.6 is 12.4 Å². The first-order chi connectivity index (χ1) is 8.11. The number of rotatable bonds is 6. The van der Waals surface area contributed by atoms with Gasteiger partial charge in [-0.3, -0.25) is 0 Å². The first-order valence-electron chi connectivity index (χ1n) is 5.56. The van der Waals surface area contributed by atoms with Crippen molar-refractivity contribution in [1.82, 2.24) is 0 Å². The van der Waals surface area contributed by atoms with E-state index in [2.05, 4.69) is 0 Å². The molecule has 5 heteroatoms. The lowest BCUT2D eigenvalue weighted by atomic mass is 10.3. The number of hydrogen-bond acceptors (Lipinski definition) is 3. The van der Waals surface area contributed by atoms with E-state index in [9.17, 15) is 4.39 Å². The summed E-state index contributed by atoms with van der Waals surface area (Å²) in [5.74, 6) is 1.00. The van der Waals surface area contributed by atoms with E-state index < -0.39 is 0 Å². The number of hydrogen-bond donors (Lipinski definition) is 1. The van der Waals surface area contributed by atoms with Crippen molar-refractivity contribution in [2.75, 3.05) is 13.2 Å². The number of benzene rings is 1. The quantitative estimate of drug-likeness (QED) is 0.868. The summed E-state index contributed by atoms with van der Waals surface area (Å²) in [7, 11) is 0. The summed E-state index contributed by atoms with van der Waals surface area (Å²) < 4.78 is 23.7. The molecule has 0 aromatic heterocycles. The molecule has 3 nitrogen and oxygen atoms in total. The van der Waals surface area contributed by atoms with Crippen molar-refractivity contribution in [3.8, 4) is 11.5 Å². The Bertz CT molecular complexity index is 366. The van der Waals surface area contributed by atoms with Crippen LogP contribution in [0.4, 0.5) is 4.39 Å². The van der Waals surface area contributed by atoms with Gasteiger partial charge in [-0.25, -0.2) is 4.39 Å². The van der Waals surface area contributed by atoms with Gasteiger partial charge in [-0.15, -0.1) is 12.4 Å². The maximum atomic E-state index is 13.0. The van der Waals surface area contributed by atoms with Gasteiger partial charge in [0, 0.05) is 6.54 Å². The lowest BCUT2D eigenvalue weighted by Gasteiger charge is -2.10. The first-order valence-corrected chi connectivity index (χ1v) is 5.56. The van der Waals surface area contributed by atoms with Crippen molar-refractivity contribution in [1.29, 1.82) is 0 Å². The molecule has 2 N–H and O–H groups in total. The molecular formula is C13H19ClFNO2. The average Bonchev–Trinajstić information content (AvgIpc) is 2.28. The van der Waals surface area contributed by atoms with E-state index >= 15 is 0 Å². The standard InChI is InChI=1S/C13H18FNO2.ClH/c1-10(2)17-13-5-3-12(4-6-13)16-9-11(14)7-8-15;/h3-7,10H,8-9,15H2,1-2H3;1H/b11-7-;. The van der Waals surface area contributed by atoms with E-state index in [1.165, 1.54) is 6.08 Å². The Kier molecular flexibility index (Phi) is 8.16. The average molecular weight is 276 g/mol. The molecule has 0 amide bonds. The number of nitrogens with two attached hydrogens (primary N) is 1. The monoisotopic (exact) mass is 275 g/mol. The Labute approximate surface area is 113 Å². The van der Waals surface area contributed by atoms with Crippen LogP contribution < -0.4 is 15.2 Å². The van der Waals surface area contributed by atoms with Crippen LogP contribution in [0, 0.1) is 0 Å². The second kappa shape index (κ2) is 8.78. The lowest BCUT2D eigenvalue weighted by molar-refractivity contribution is 0.241. The minimum absolute atomic E-state index is 0. The smallest absolute Gasteiger partial charge is 0.139 e. The maximum absolute atomic E-state index is 13.0. The Morgan fingerprint density at radius 1 is 1.28 bits per heavy atom. The minimum atomic E-state index is -0.366. The predicted octanol–water partition coefficient (Wildman–Crippen LogP) is 3.09. The zero-order valence-corrected chi connectivity index (χ0v) is 11.4. The molecule has 0 radical (unpaired) electrons. The molecule has 0 saturated heterocycles. The topological polar surface area (TPSA) is 44.5 Å². The Balaban J connectivity index is 0.00000289. The normalized spacial score (nSPS) is 11.1. The van der Waals surface area contributed by atoms with Crippen molar-refractivity contribution < 1.29 is 13.9 Å². The molecule has 1 aromatic rings. The highest BCUT2D eigenvalue weighted by atomic mass is 35.5. The molecule has 0 heterocycles. The van der Waals surface area contributed by atoms with E-state index in [1.54, 1.807) is 24.3 Å². The van der Waals surface area contributed by atoms with Gasteiger partial charge in [-0.1, -0.05) is 0 Å². The van der Waals surface area contributed by atoms with Gasteiger partial charge in [0.1, 0.15) is 23.9 Å². The SMILES string of the molecule is CC(C)Oc1ccc(OC/C(F)=C/CN)cc1.Cl. The van der Waals surface area contributed by atoms with Gasteiger partial charge in [0.25, 0.3) is 0 Å². The van der Waals surface area contributed by atoms with Gasteiger partial charge in [0.15, 0.2) is 0 Å². The summed E-state index contributed by atoms with van der Waals surface area (Å²) >= 11 is 0. The highest BCUT2D eigenvalue weighted by Gasteiger charge is 2.00. The third-order valence-corrected chi connectivity index (χ3v) is 1.91. The second-order valence-electron chi connectivity index (χ2n) is 3.81. The third kappa shape index (κ3) is 6.47. The van der Waals surface area contributed by atoms with Gasteiger partial charge in [0.2, 0.25) is 0 Å². The molecular weight excluding hydrogens is 257 g/mol. The fraction of sp³-hybridized carbons (Fsp3) is 0.385. The van der Waals surface area contributed by atoms with Crippen LogP contribution in [0.15, 0.2) is 36.2 Å². The van der Waals surface area contributed by atoms with Crippen molar-refractivity contribution in [2.45, 2.75) is 20.0 Å². The second-order valence-corrected chi connectivity index (χ2v) is 3.81. The van der Waals surface area contributed by atoms with Crippen LogP contribution in [-0.2, 0) is 0 Å². The zero-order chi connectivity index (χ0) is 12.7. The molecule has 0 aliphatic heterocycles. The van der Waals surface area contributed by atoms with Gasteiger partial charge in [-0.2, -0.15) is 0 Å². The summed E-state index contributed by atoms with van der Waals surface area (Å²) in [4.78, 5) is 0. The molecule has 0 bridgehead atoms. The van der Waals surface area contributed by atoms with E-state index in [1.807, 2.05) is 13.8 Å². The highest BCUT2D eigenvalue weighted by Crippen LogP contribution is 2.19. The zero-order valence-electron chi connectivity index (χ0n) is 10.6. The van der Waals surface area contributed by atoms with Crippen LogP contribution in [0.2, 0.25) is 0 Å². The van der Waals surface area contributed by atoms with Crippen LogP contribution in [0.5, 0.6) is 11.5 Å².